The number of hydrogen-bond acceptors (Lipinski definition) is 4. The van der Waals surface area contributed by atoms with Crippen LogP contribution in [0.25, 0.3) is 22.2 Å². The number of nitrogens with zero attached hydrogens (tertiary/aromatic N) is 2. The molecule has 0 unspecified atom stereocenters. The fourth-order valence-electron chi connectivity index (χ4n) is 3.37. The van der Waals surface area contributed by atoms with Gasteiger partial charge >= 0.3 is 0 Å². The minimum Gasteiger partial charge on any atom is -0.493 e. The first-order chi connectivity index (χ1) is 11.7. The van der Waals surface area contributed by atoms with Crippen molar-refractivity contribution < 1.29 is 4.74 Å². The summed E-state index contributed by atoms with van der Waals surface area (Å²) in [6.45, 7) is 3.74. The number of hydrogen-bond donors (Lipinski definition) is 1. The van der Waals surface area contributed by atoms with E-state index in [1.165, 1.54) is 22.4 Å². The highest BCUT2D eigenvalue weighted by Crippen LogP contribution is 2.44. The van der Waals surface area contributed by atoms with Gasteiger partial charge in [0.1, 0.15) is 11.4 Å². The zero-order valence-corrected chi connectivity index (χ0v) is 16.6. The van der Waals surface area contributed by atoms with Crippen LogP contribution in [0.4, 0.5) is 5.69 Å². The van der Waals surface area contributed by atoms with E-state index in [1.54, 1.807) is 15.1 Å². The molecule has 0 saturated carbocycles. The zero-order chi connectivity index (χ0) is 16.7. The minimum atomic E-state index is 0.642. The van der Waals surface area contributed by atoms with Gasteiger partial charge in [-0.2, -0.15) is 0 Å². The molecule has 4 nitrogen and oxygen atoms in total. The van der Waals surface area contributed by atoms with Crippen LogP contribution in [-0.4, -0.2) is 30.2 Å². The summed E-state index contributed by atoms with van der Waals surface area (Å²) >= 11 is 2.32. The lowest BCUT2D eigenvalue weighted by molar-refractivity contribution is 0.344. The molecule has 1 aromatic carbocycles. The quantitative estimate of drug-likeness (QED) is 0.563. The van der Waals surface area contributed by atoms with Crippen LogP contribution in [-0.2, 0) is 6.42 Å². The fourth-order valence-corrected chi connectivity index (χ4v) is 4.79. The maximum Gasteiger partial charge on any atom is 0.142 e. The van der Waals surface area contributed by atoms with Crippen molar-refractivity contribution in [1.82, 2.24) is 9.97 Å². The average molecular weight is 451 g/mol. The molecular formula is C18H18IN3OS. The van der Waals surface area contributed by atoms with Crippen LogP contribution in [0.5, 0.6) is 5.75 Å². The van der Waals surface area contributed by atoms with E-state index in [0.717, 1.165) is 34.8 Å². The summed E-state index contributed by atoms with van der Waals surface area (Å²) in [6, 6.07) is 8.72. The number of anilines is 1. The van der Waals surface area contributed by atoms with Crippen LogP contribution < -0.4 is 9.64 Å². The van der Waals surface area contributed by atoms with E-state index >= 15 is 0 Å². The summed E-state index contributed by atoms with van der Waals surface area (Å²) in [7, 11) is 3.84. The van der Waals surface area contributed by atoms with Gasteiger partial charge in [0.25, 0.3) is 0 Å². The SMILES string of the molecule is CCOc1ccnc2[nH]c(SI)c(-c3ccc4c(c3)N(C)CC4)c12. The molecular weight excluding hydrogens is 433 g/mol. The molecule has 2 aromatic heterocycles. The number of benzene rings is 1. The second-order valence-electron chi connectivity index (χ2n) is 5.89. The lowest BCUT2D eigenvalue weighted by atomic mass is 10.0. The van der Waals surface area contributed by atoms with Gasteiger partial charge in [0.2, 0.25) is 0 Å². The van der Waals surface area contributed by atoms with Crippen molar-refractivity contribution >= 4 is 46.9 Å². The Morgan fingerprint density at radius 1 is 1.38 bits per heavy atom. The van der Waals surface area contributed by atoms with Crippen molar-refractivity contribution in [3.05, 3.63) is 36.0 Å². The van der Waals surface area contributed by atoms with Gasteiger partial charge in [-0.1, -0.05) is 12.1 Å². The largest absolute Gasteiger partial charge is 0.493 e. The van der Waals surface area contributed by atoms with Crippen molar-refractivity contribution in [3.63, 3.8) is 0 Å². The van der Waals surface area contributed by atoms with E-state index in [4.69, 9.17) is 4.74 Å². The smallest absolute Gasteiger partial charge is 0.142 e. The second kappa shape index (κ2) is 6.48. The van der Waals surface area contributed by atoms with Crippen LogP contribution in [0.1, 0.15) is 12.5 Å². The molecule has 0 spiro atoms. The third kappa shape index (κ3) is 2.56. The molecule has 3 heterocycles. The molecule has 24 heavy (non-hydrogen) atoms. The van der Waals surface area contributed by atoms with Crippen molar-refractivity contribution in [2.45, 2.75) is 18.4 Å². The summed E-state index contributed by atoms with van der Waals surface area (Å²) < 4.78 is 5.87. The van der Waals surface area contributed by atoms with Crippen molar-refractivity contribution in [3.8, 4) is 16.9 Å². The molecule has 0 saturated heterocycles. The fraction of sp³-hybridized carbons (Fsp3) is 0.278. The Morgan fingerprint density at radius 3 is 3.04 bits per heavy atom. The first-order valence-electron chi connectivity index (χ1n) is 7.99. The van der Waals surface area contributed by atoms with E-state index in [1.807, 2.05) is 13.0 Å². The molecule has 4 rings (SSSR count). The first-order valence-corrected chi connectivity index (χ1v) is 11.4. The highest BCUT2D eigenvalue weighted by Gasteiger charge is 2.21. The van der Waals surface area contributed by atoms with Gasteiger partial charge in [-0.15, -0.1) is 0 Å². The van der Waals surface area contributed by atoms with E-state index < -0.39 is 0 Å². The van der Waals surface area contributed by atoms with E-state index in [9.17, 15) is 0 Å². The molecule has 1 aliphatic heterocycles. The third-order valence-electron chi connectivity index (χ3n) is 4.50. The number of pyridine rings is 1. The van der Waals surface area contributed by atoms with Gasteiger partial charge in [0.05, 0.1) is 17.0 Å². The number of aromatic amines is 1. The number of H-pyrrole nitrogens is 1. The van der Waals surface area contributed by atoms with Crippen LogP contribution in [0.2, 0.25) is 0 Å². The molecule has 0 aliphatic carbocycles. The van der Waals surface area contributed by atoms with Gasteiger partial charge in [-0.3, -0.25) is 0 Å². The zero-order valence-electron chi connectivity index (χ0n) is 13.6. The number of nitrogens with one attached hydrogen (secondary N) is 1. The van der Waals surface area contributed by atoms with E-state index in [0.29, 0.717) is 6.61 Å². The number of halogens is 1. The molecule has 0 bridgehead atoms. The summed E-state index contributed by atoms with van der Waals surface area (Å²) in [5.41, 5.74) is 6.02. The normalized spacial score (nSPS) is 13.5. The van der Waals surface area contributed by atoms with Crippen LogP contribution in [0, 0.1) is 0 Å². The minimum absolute atomic E-state index is 0.642. The van der Waals surface area contributed by atoms with Gasteiger partial charge in [0.15, 0.2) is 0 Å². The predicted molar refractivity (Wildman–Crippen MR) is 110 cm³/mol. The summed E-state index contributed by atoms with van der Waals surface area (Å²) in [5.74, 6) is 0.888. The van der Waals surface area contributed by atoms with Gasteiger partial charge < -0.3 is 14.6 Å². The monoisotopic (exact) mass is 451 g/mol. The maximum atomic E-state index is 5.87. The molecule has 3 aromatic rings. The average Bonchev–Trinajstić information content (AvgIpc) is 3.16. The van der Waals surface area contributed by atoms with Crippen molar-refractivity contribution in [1.29, 1.82) is 0 Å². The number of likely N-dealkylation sites (N-methyl/N-ethyl adjacent to an activating group) is 1. The Kier molecular flexibility index (Phi) is 4.34. The predicted octanol–water partition coefficient (Wildman–Crippen LogP) is 5.06. The van der Waals surface area contributed by atoms with Gasteiger partial charge in [0, 0.05) is 52.2 Å². The van der Waals surface area contributed by atoms with Gasteiger partial charge in [-0.05, 0) is 45.5 Å². The molecule has 0 amide bonds. The Morgan fingerprint density at radius 2 is 2.25 bits per heavy atom. The summed E-state index contributed by atoms with van der Waals surface area (Å²) in [6.07, 6.45) is 2.92. The highest BCUT2D eigenvalue weighted by molar-refractivity contribution is 14.2. The van der Waals surface area contributed by atoms with Crippen LogP contribution in [0.15, 0.2) is 35.5 Å². The Bertz CT molecular complexity index is 909. The van der Waals surface area contributed by atoms with E-state index in [2.05, 4.69) is 61.3 Å². The number of rotatable bonds is 4. The number of fused-ring (bicyclic) bond motifs is 2. The maximum absolute atomic E-state index is 5.87. The highest BCUT2D eigenvalue weighted by atomic mass is 127. The molecule has 0 radical (unpaired) electrons. The molecule has 0 fully saturated rings. The third-order valence-corrected chi connectivity index (χ3v) is 6.28. The second-order valence-corrected chi connectivity index (χ2v) is 7.77. The summed E-state index contributed by atoms with van der Waals surface area (Å²) in [4.78, 5) is 10.3. The Labute approximate surface area is 157 Å². The number of ether oxygens (including phenoxy) is 1. The molecule has 1 N–H and O–H groups in total. The Hall–Kier alpha value is -1.41. The van der Waals surface area contributed by atoms with E-state index in [-0.39, 0.29) is 0 Å². The molecule has 6 heteroatoms. The standard InChI is InChI=1S/C18H18IN3OS/c1-3-23-14-6-8-20-17-16(14)15(18(21-17)24-19)12-5-4-11-7-9-22(2)13(11)10-12/h4-6,8,10H,3,7,9H2,1-2H3,(H,20,21). The topological polar surface area (TPSA) is 41.1 Å². The Balaban J connectivity index is 1.97. The molecule has 0 atom stereocenters. The van der Waals surface area contributed by atoms with Crippen LogP contribution in [0.3, 0.4) is 0 Å². The van der Waals surface area contributed by atoms with Crippen LogP contribution >= 0.6 is 30.1 Å². The van der Waals surface area contributed by atoms with Crippen molar-refractivity contribution in [2.75, 3.05) is 25.1 Å². The summed E-state index contributed by atoms with van der Waals surface area (Å²) in [5, 5.41) is 2.19. The number of aromatic nitrogens is 2. The lowest BCUT2D eigenvalue weighted by Gasteiger charge is -2.14. The van der Waals surface area contributed by atoms with Crippen molar-refractivity contribution in [2.24, 2.45) is 0 Å². The molecule has 1 aliphatic rings. The first kappa shape index (κ1) is 16.1. The van der Waals surface area contributed by atoms with Gasteiger partial charge in [-0.25, -0.2) is 4.98 Å². The lowest BCUT2D eigenvalue weighted by Crippen LogP contribution is -2.12. The molecule has 124 valence electrons.